The van der Waals surface area contributed by atoms with Gasteiger partial charge in [0.1, 0.15) is 12.2 Å². The molecule has 1 saturated heterocycles. The number of esters is 2. The Hall–Kier alpha value is -1.95. The lowest BCUT2D eigenvalue weighted by Gasteiger charge is -2.40. The predicted octanol–water partition coefficient (Wildman–Crippen LogP) is 1.42. The van der Waals surface area contributed by atoms with E-state index in [4.69, 9.17) is 9.47 Å². The summed E-state index contributed by atoms with van der Waals surface area (Å²) in [5, 5.41) is 10.8. The molecule has 0 bridgehead atoms. The topological polar surface area (TPSA) is 89.9 Å². The van der Waals surface area contributed by atoms with Gasteiger partial charge in [-0.2, -0.15) is 0 Å². The van der Waals surface area contributed by atoms with Crippen LogP contribution in [0.4, 0.5) is 0 Å². The van der Waals surface area contributed by atoms with Crippen molar-refractivity contribution in [3.05, 3.63) is 24.3 Å². The van der Waals surface area contributed by atoms with E-state index in [0.29, 0.717) is 0 Å². The molecule has 3 aliphatic rings. The fourth-order valence-electron chi connectivity index (χ4n) is 4.61. The van der Waals surface area contributed by atoms with Crippen molar-refractivity contribution in [2.24, 2.45) is 29.1 Å². The van der Waals surface area contributed by atoms with Crippen LogP contribution in [0.1, 0.15) is 27.7 Å². The van der Waals surface area contributed by atoms with Gasteiger partial charge >= 0.3 is 11.9 Å². The van der Waals surface area contributed by atoms with Gasteiger partial charge in [0.25, 0.3) is 0 Å². The summed E-state index contributed by atoms with van der Waals surface area (Å²) in [5.41, 5.74) is -0.835. The van der Waals surface area contributed by atoms with E-state index in [1.165, 1.54) is 13.0 Å². The van der Waals surface area contributed by atoms with E-state index in [0.717, 1.165) is 0 Å². The molecule has 0 aromatic rings. The molecule has 6 nitrogen and oxygen atoms in total. The highest BCUT2D eigenvalue weighted by molar-refractivity contribution is 5.99. The minimum absolute atomic E-state index is 0.164. The van der Waals surface area contributed by atoms with E-state index in [2.05, 4.69) is 6.58 Å². The Morgan fingerprint density at radius 1 is 1.36 bits per heavy atom. The zero-order valence-corrected chi connectivity index (χ0v) is 14.9. The number of carbonyl (C=O) groups is 3. The number of hydrogen-bond donors (Lipinski definition) is 1. The first-order valence-corrected chi connectivity index (χ1v) is 8.58. The molecule has 0 aromatic heterocycles. The van der Waals surface area contributed by atoms with Crippen LogP contribution in [0.15, 0.2) is 24.3 Å². The number of ketones is 1. The summed E-state index contributed by atoms with van der Waals surface area (Å²) in [4.78, 5) is 37.2. The smallest absolute Gasteiger partial charge is 0.333 e. The molecule has 1 aliphatic heterocycles. The minimum Gasteiger partial charge on any atom is -0.459 e. The molecule has 0 radical (unpaired) electrons. The Morgan fingerprint density at radius 3 is 2.60 bits per heavy atom. The lowest BCUT2D eigenvalue weighted by atomic mass is 9.66. The van der Waals surface area contributed by atoms with Crippen molar-refractivity contribution >= 4 is 17.7 Å². The number of carbonyl (C=O) groups excluding carboxylic acids is 3. The van der Waals surface area contributed by atoms with Gasteiger partial charge in [0.2, 0.25) is 0 Å². The number of allylic oxidation sites excluding steroid dienone is 2. The molecule has 0 amide bonds. The van der Waals surface area contributed by atoms with Crippen molar-refractivity contribution in [1.29, 1.82) is 0 Å². The zero-order chi connectivity index (χ0) is 18.7. The second-order valence-corrected chi connectivity index (χ2v) is 7.76. The van der Waals surface area contributed by atoms with E-state index < -0.39 is 47.5 Å². The maximum Gasteiger partial charge on any atom is 0.333 e. The van der Waals surface area contributed by atoms with Gasteiger partial charge < -0.3 is 14.6 Å². The standard InChI is InChI=1S/C19H24O6/c1-8(2)17(22)25-16-13-10(4)18(23)24-15(13)14(21)9(3)11-6-7-12(20)19(11,16)5/h6-7,9-11,13-16,21H,1H2,2-5H3/t9-,10+,11-,13+,14+,15-,16-,19-/m0/s1. The first kappa shape index (κ1) is 17.9. The summed E-state index contributed by atoms with van der Waals surface area (Å²) in [6.07, 6.45) is 0.635. The third-order valence-electron chi connectivity index (χ3n) is 6.22. The van der Waals surface area contributed by atoms with E-state index in [-0.39, 0.29) is 23.2 Å². The first-order valence-electron chi connectivity index (χ1n) is 8.58. The summed E-state index contributed by atoms with van der Waals surface area (Å²) in [7, 11) is 0. The third kappa shape index (κ3) is 2.38. The molecule has 8 atom stereocenters. The Morgan fingerprint density at radius 2 is 2.00 bits per heavy atom. The lowest BCUT2D eigenvalue weighted by Crippen LogP contribution is -2.50. The fourth-order valence-corrected chi connectivity index (χ4v) is 4.61. The highest BCUT2D eigenvalue weighted by atomic mass is 16.6. The third-order valence-corrected chi connectivity index (χ3v) is 6.22. The monoisotopic (exact) mass is 348 g/mol. The number of ether oxygens (including phenoxy) is 2. The molecule has 0 spiro atoms. The van der Waals surface area contributed by atoms with Crippen LogP contribution in [0.5, 0.6) is 0 Å². The van der Waals surface area contributed by atoms with Crippen molar-refractivity contribution in [2.75, 3.05) is 0 Å². The van der Waals surface area contributed by atoms with Crippen molar-refractivity contribution in [3.63, 3.8) is 0 Å². The van der Waals surface area contributed by atoms with E-state index in [1.54, 1.807) is 19.9 Å². The molecule has 1 saturated carbocycles. The van der Waals surface area contributed by atoms with Crippen molar-refractivity contribution in [2.45, 2.75) is 46.0 Å². The van der Waals surface area contributed by atoms with Gasteiger partial charge in [0, 0.05) is 11.5 Å². The van der Waals surface area contributed by atoms with Crippen LogP contribution >= 0.6 is 0 Å². The van der Waals surface area contributed by atoms with E-state index >= 15 is 0 Å². The Labute approximate surface area is 146 Å². The van der Waals surface area contributed by atoms with Gasteiger partial charge in [-0.25, -0.2) is 4.79 Å². The predicted molar refractivity (Wildman–Crippen MR) is 88.1 cm³/mol. The van der Waals surface area contributed by atoms with Gasteiger partial charge in [-0.15, -0.1) is 0 Å². The normalized spacial score (nSPS) is 45.4. The number of aliphatic hydroxyl groups excluding tert-OH is 1. The SMILES string of the molecule is C=C(C)C(=O)O[C@H]1[C@H]2[C@H](OC(=O)[C@@H]2C)[C@H](O)[C@@H](C)[C@@H]2C=CC(=O)[C@]21C. The molecule has 0 aromatic carbocycles. The van der Waals surface area contributed by atoms with Gasteiger partial charge in [0.05, 0.1) is 17.4 Å². The molecule has 2 fully saturated rings. The number of rotatable bonds is 2. The maximum absolute atomic E-state index is 12.8. The second-order valence-electron chi connectivity index (χ2n) is 7.76. The number of aliphatic hydroxyl groups is 1. The molecule has 25 heavy (non-hydrogen) atoms. The Kier molecular flexibility index (Phi) is 4.14. The number of hydrogen-bond acceptors (Lipinski definition) is 6. The fraction of sp³-hybridized carbons (Fsp3) is 0.632. The molecule has 1 N–H and O–H groups in total. The second kappa shape index (κ2) is 5.80. The van der Waals surface area contributed by atoms with Gasteiger partial charge in [-0.05, 0) is 31.8 Å². The average Bonchev–Trinajstić information content (AvgIpc) is 3.00. The van der Waals surface area contributed by atoms with Crippen LogP contribution in [0.2, 0.25) is 0 Å². The summed E-state index contributed by atoms with van der Waals surface area (Å²) < 4.78 is 11.1. The largest absolute Gasteiger partial charge is 0.459 e. The molecule has 136 valence electrons. The van der Waals surface area contributed by atoms with Crippen LogP contribution in [0.3, 0.4) is 0 Å². The van der Waals surface area contributed by atoms with Crippen molar-refractivity contribution in [3.8, 4) is 0 Å². The molecular weight excluding hydrogens is 324 g/mol. The van der Waals surface area contributed by atoms with E-state index in [1.807, 2.05) is 6.92 Å². The van der Waals surface area contributed by atoms with Crippen LogP contribution in [0.25, 0.3) is 0 Å². The summed E-state index contributed by atoms with van der Waals surface area (Å²) in [6.45, 7) is 10.4. The maximum atomic E-state index is 12.8. The molecule has 6 heteroatoms. The first-order chi connectivity index (χ1) is 11.6. The summed E-state index contributed by atoms with van der Waals surface area (Å²) in [5.74, 6) is -3.03. The van der Waals surface area contributed by atoms with Crippen LogP contribution in [-0.2, 0) is 23.9 Å². The Balaban J connectivity index is 2.14. The van der Waals surface area contributed by atoms with Crippen molar-refractivity contribution < 1.29 is 29.0 Å². The van der Waals surface area contributed by atoms with Gasteiger partial charge in [-0.3, -0.25) is 9.59 Å². The molecule has 1 heterocycles. The molecular formula is C19H24O6. The highest BCUT2D eigenvalue weighted by Crippen LogP contribution is 2.54. The Bertz CT molecular complexity index is 679. The minimum atomic E-state index is -1.05. The highest BCUT2D eigenvalue weighted by Gasteiger charge is 2.65. The lowest BCUT2D eigenvalue weighted by molar-refractivity contribution is -0.163. The van der Waals surface area contributed by atoms with Crippen LogP contribution in [-0.4, -0.2) is 41.1 Å². The zero-order valence-electron chi connectivity index (χ0n) is 14.9. The quantitative estimate of drug-likeness (QED) is 0.600. The van der Waals surface area contributed by atoms with Crippen LogP contribution < -0.4 is 0 Å². The van der Waals surface area contributed by atoms with Crippen molar-refractivity contribution in [1.82, 2.24) is 0 Å². The van der Waals surface area contributed by atoms with Gasteiger partial charge in [-0.1, -0.05) is 26.5 Å². The summed E-state index contributed by atoms with van der Waals surface area (Å²) >= 11 is 0. The van der Waals surface area contributed by atoms with Gasteiger partial charge in [0.15, 0.2) is 5.78 Å². The molecule has 0 unspecified atom stereocenters. The summed E-state index contributed by atoms with van der Waals surface area (Å²) in [6, 6.07) is 0. The number of fused-ring (bicyclic) bond motifs is 2. The van der Waals surface area contributed by atoms with Crippen LogP contribution in [0, 0.1) is 29.1 Å². The molecule has 2 aliphatic carbocycles. The molecule has 3 rings (SSSR count). The average molecular weight is 348 g/mol. The van der Waals surface area contributed by atoms with E-state index in [9.17, 15) is 19.5 Å².